The molecule has 3 N–H and O–H groups in total. The molecular formula is C14H19N3O. The molecule has 0 spiro atoms. The molecule has 1 aliphatic rings. The summed E-state index contributed by atoms with van der Waals surface area (Å²) in [5, 5.41) is 8.10. The number of hydrogen-bond acceptors (Lipinski definition) is 3. The van der Waals surface area contributed by atoms with Crippen molar-refractivity contribution in [2.45, 2.75) is 12.6 Å². The summed E-state index contributed by atoms with van der Waals surface area (Å²) >= 11 is 0. The van der Waals surface area contributed by atoms with Gasteiger partial charge in [-0.25, -0.2) is 0 Å². The van der Waals surface area contributed by atoms with Crippen molar-refractivity contribution in [3.8, 4) is 0 Å². The zero-order chi connectivity index (χ0) is 12.2. The van der Waals surface area contributed by atoms with Crippen molar-refractivity contribution in [1.29, 1.82) is 0 Å². The van der Waals surface area contributed by atoms with Crippen LogP contribution in [0.5, 0.6) is 0 Å². The minimum atomic E-state index is 0.295. The number of aromatic nitrogens is 1. The molecule has 3 rings (SSSR count). The van der Waals surface area contributed by atoms with Crippen LogP contribution in [0.25, 0.3) is 10.9 Å². The van der Waals surface area contributed by atoms with E-state index in [-0.39, 0.29) is 0 Å². The lowest BCUT2D eigenvalue weighted by atomic mass is 10.2. The van der Waals surface area contributed by atoms with Gasteiger partial charge in [-0.05, 0) is 11.6 Å². The van der Waals surface area contributed by atoms with Crippen molar-refractivity contribution >= 4 is 10.9 Å². The molecule has 0 saturated carbocycles. The van der Waals surface area contributed by atoms with Crippen LogP contribution in [0, 0.1) is 0 Å². The number of para-hydroxylation sites is 1. The first-order valence-electron chi connectivity index (χ1n) is 6.51. The summed E-state index contributed by atoms with van der Waals surface area (Å²) in [5.41, 5.74) is 2.51. The number of nitrogens with one attached hydrogen (secondary N) is 3. The van der Waals surface area contributed by atoms with Crippen LogP contribution in [0.15, 0.2) is 30.5 Å². The largest absolute Gasteiger partial charge is 0.374 e. The maximum atomic E-state index is 5.65. The number of rotatable bonds is 4. The van der Waals surface area contributed by atoms with Gasteiger partial charge in [-0.15, -0.1) is 0 Å². The topological polar surface area (TPSA) is 49.1 Å². The zero-order valence-electron chi connectivity index (χ0n) is 10.4. The molecule has 18 heavy (non-hydrogen) atoms. The molecule has 96 valence electrons. The van der Waals surface area contributed by atoms with Gasteiger partial charge in [0.1, 0.15) is 0 Å². The highest BCUT2D eigenvalue weighted by atomic mass is 16.5. The Hall–Kier alpha value is -1.36. The van der Waals surface area contributed by atoms with Crippen LogP contribution in [0.2, 0.25) is 0 Å². The number of ether oxygens (including phenoxy) is 1. The SMILES string of the molecule is c1ccc2c(CNCC3CNCCO3)c[nH]c2c1. The van der Waals surface area contributed by atoms with Crippen LogP contribution < -0.4 is 10.6 Å². The highest BCUT2D eigenvalue weighted by Gasteiger charge is 2.12. The molecule has 1 saturated heterocycles. The van der Waals surface area contributed by atoms with Crippen molar-refractivity contribution < 1.29 is 4.74 Å². The highest BCUT2D eigenvalue weighted by molar-refractivity contribution is 5.82. The van der Waals surface area contributed by atoms with Crippen LogP contribution in [0.4, 0.5) is 0 Å². The lowest BCUT2D eigenvalue weighted by molar-refractivity contribution is 0.0291. The van der Waals surface area contributed by atoms with Crippen LogP contribution in [-0.2, 0) is 11.3 Å². The van der Waals surface area contributed by atoms with E-state index in [1.54, 1.807) is 0 Å². The van der Waals surface area contributed by atoms with Gasteiger partial charge in [-0.1, -0.05) is 18.2 Å². The minimum Gasteiger partial charge on any atom is -0.374 e. The average molecular weight is 245 g/mol. The Morgan fingerprint density at radius 2 is 2.28 bits per heavy atom. The Kier molecular flexibility index (Phi) is 3.59. The predicted octanol–water partition coefficient (Wildman–Crippen LogP) is 1.25. The van der Waals surface area contributed by atoms with Crippen molar-refractivity contribution in [1.82, 2.24) is 15.6 Å². The Bertz CT molecular complexity index is 502. The summed E-state index contributed by atoms with van der Waals surface area (Å²) in [4.78, 5) is 3.29. The van der Waals surface area contributed by atoms with Gasteiger partial charge in [-0.2, -0.15) is 0 Å². The molecule has 4 heteroatoms. The number of aromatic amines is 1. The van der Waals surface area contributed by atoms with E-state index in [1.165, 1.54) is 16.5 Å². The first-order chi connectivity index (χ1) is 8.93. The van der Waals surface area contributed by atoms with Crippen molar-refractivity contribution in [2.24, 2.45) is 0 Å². The Morgan fingerprint density at radius 1 is 1.33 bits per heavy atom. The van der Waals surface area contributed by atoms with Crippen molar-refractivity contribution in [3.05, 3.63) is 36.0 Å². The van der Waals surface area contributed by atoms with Crippen LogP contribution in [-0.4, -0.2) is 37.3 Å². The number of H-pyrrole nitrogens is 1. The summed E-state index contributed by atoms with van der Waals surface area (Å²) < 4.78 is 5.65. The third kappa shape index (κ3) is 2.56. The first kappa shape index (κ1) is 11.7. The molecule has 0 amide bonds. The second-order valence-electron chi connectivity index (χ2n) is 4.69. The molecule has 4 nitrogen and oxygen atoms in total. The molecule has 1 fully saturated rings. The number of morpholine rings is 1. The van der Waals surface area contributed by atoms with E-state index < -0.39 is 0 Å². The Labute approximate surface area is 107 Å². The summed E-state index contributed by atoms with van der Waals surface area (Å²) in [6.45, 7) is 4.51. The van der Waals surface area contributed by atoms with Gasteiger partial charge in [0.25, 0.3) is 0 Å². The monoisotopic (exact) mass is 245 g/mol. The van der Waals surface area contributed by atoms with E-state index in [0.717, 1.165) is 32.8 Å². The van der Waals surface area contributed by atoms with Gasteiger partial charge in [0.2, 0.25) is 0 Å². The van der Waals surface area contributed by atoms with Gasteiger partial charge in [-0.3, -0.25) is 0 Å². The van der Waals surface area contributed by atoms with E-state index >= 15 is 0 Å². The summed E-state index contributed by atoms with van der Waals surface area (Å²) in [7, 11) is 0. The lowest BCUT2D eigenvalue weighted by Crippen LogP contribution is -2.43. The van der Waals surface area contributed by atoms with Gasteiger partial charge >= 0.3 is 0 Å². The molecule has 0 aliphatic carbocycles. The van der Waals surface area contributed by atoms with Gasteiger partial charge in [0.05, 0.1) is 12.7 Å². The molecule has 0 bridgehead atoms. The van der Waals surface area contributed by atoms with Crippen molar-refractivity contribution in [2.75, 3.05) is 26.2 Å². The Morgan fingerprint density at radius 3 is 3.17 bits per heavy atom. The second-order valence-corrected chi connectivity index (χ2v) is 4.69. The smallest absolute Gasteiger partial charge is 0.0824 e. The molecule has 1 aromatic carbocycles. The van der Waals surface area contributed by atoms with E-state index in [0.29, 0.717) is 6.10 Å². The average Bonchev–Trinajstić information content (AvgIpc) is 2.84. The maximum absolute atomic E-state index is 5.65. The molecule has 2 heterocycles. The summed E-state index contributed by atoms with van der Waals surface area (Å²) in [6.07, 6.45) is 2.38. The maximum Gasteiger partial charge on any atom is 0.0824 e. The second kappa shape index (κ2) is 5.52. The van der Waals surface area contributed by atoms with Crippen LogP contribution in [0.3, 0.4) is 0 Å². The number of fused-ring (bicyclic) bond motifs is 1. The van der Waals surface area contributed by atoms with E-state index in [1.807, 2.05) is 0 Å². The molecule has 0 radical (unpaired) electrons. The quantitative estimate of drug-likeness (QED) is 0.759. The van der Waals surface area contributed by atoms with Gasteiger partial charge in [0, 0.05) is 43.3 Å². The van der Waals surface area contributed by atoms with E-state index in [9.17, 15) is 0 Å². The number of hydrogen-bond donors (Lipinski definition) is 3. The minimum absolute atomic E-state index is 0.295. The summed E-state index contributed by atoms with van der Waals surface area (Å²) in [5.74, 6) is 0. The van der Waals surface area contributed by atoms with E-state index in [2.05, 4.69) is 46.1 Å². The predicted molar refractivity (Wildman–Crippen MR) is 72.6 cm³/mol. The zero-order valence-corrected chi connectivity index (χ0v) is 10.4. The Balaban J connectivity index is 1.56. The van der Waals surface area contributed by atoms with Gasteiger partial charge < -0.3 is 20.4 Å². The highest BCUT2D eigenvalue weighted by Crippen LogP contribution is 2.17. The molecule has 1 aromatic heterocycles. The fourth-order valence-electron chi connectivity index (χ4n) is 2.40. The third-order valence-electron chi connectivity index (χ3n) is 3.37. The first-order valence-corrected chi connectivity index (χ1v) is 6.51. The summed E-state index contributed by atoms with van der Waals surface area (Å²) in [6, 6.07) is 8.39. The fourth-order valence-corrected chi connectivity index (χ4v) is 2.40. The van der Waals surface area contributed by atoms with Crippen molar-refractivity contribution in [3.63, 3.8) is 0 Å². The normalized spacial score (nSPS) is 20.3. The van der Waals surface area contributed by atoms with Crippen LogP contribution in [0.1, 0.15) is 5.56 Å². The molecule has 1 aliphatic heterocycles. The molecule has 1 unspecified atom stereocenters. The fraction of sp³-hybridized carbons (Fsp3) is 0.429. The lowest BCUT2D eigenvalue weighted by Gasteiger charge is -2.23. The molecule has 2 aromatic rings. The molecule has 1 atom stereocenters. The van der Waals surface area contributed by atoms with E-state index in [4.69, 9.17) is 4.74 Å². The standard InChI is InChI=1S/C14H19N3O/c1-2-4-14-13(3-1)11(8-17-14)7-16-10-12-9-15-5-6-18-12/h1-4,8,12,15-17H,5-7,9-10H2. The molecular weight excluding hydrogens is 226 g/mol. The number of benzene rings is 1. The van der Waals surface area contributed by atoms with Crippen LogP contribution >= 0.6 is 0 Å². The van der Waals surface area contributed by atoms with Gasteiger partial charge in [0.15, 0.2) is 0 Å². The third-order valence-corrected chi connectivity index (χ3v) is 3.37.